The summed E-state index contributed by atoms with van der Waals surface area (Å²) >= 11 is 0. The third-order valence-corrected chi connectivity index (χ3v) is 4.27. The number of nitrogens with one attached hydrogen (secondary N) is 1. The highest BCUT2D eigenvalue weighted by molar-refractivity contribution is 6.00. The number of anilines is 2. The molecule has 0 radical (unpaired) electrons. The quantitative estimate of drug-likeness (QED) is 0.438. The molecule has 26 heavy (non-hydrogen) atoms. The van der Waals surface area contributed by atoms with Crippen LogP contribution in [0.1, 0.15) is 5.69 Å². The van der Waals surface area contributed by atoms with Crippen molar-refractivity contribution in [2.75, 3.05) is 5.32 Å². The number of hydrogen-bond acceptors (Lipinski definition) is 5. The molecule has 0 amide bonds. The first-order valence-corrected chi connectivity index (χ1v) is 8.03. The summed E-state index contributed by atoms with van der Waals surface area (Å²) in [6.45, 7) is 1.97. The second kappa shape index (κ2) is 6.29. The number of para-hydroxylation sites is 1. The van der Waals surface area contributed by atoms with Crippen molar-refractivity contribution in [3.63, 3.8) is 0 Å². The highest BCUT2D eigenvalue weighted by Crippen LogP contribution is 2.33. The molecule has 0 spiro atoms. The number of nitro groups is 1. The zero-order valence-corrected chi connectivity index (χ0v) is 14.0. The molecule has 4 aromatic rings. The molecule has 7 nitrogen and oxygen atoms in total. The van der Waals surface area contributed by atoms with E-state index in [1.807, 2.05) is 41.9 Å². The topological polar surface area (TPSA) is 85.9 Å². The minimum atomic E-state index is -0.396. The highest BCUT2D eigenvalue weighted by atomic mass is 16.6. The van der Waals surface area contributed by atoms with Crippen LogP contribution in [-0.2, 0) is 0 Å². The Hall–Kier alpha value is -3.74. The van der Waals surface area contributed by atoms with Crippen molar-refractivity contribution in [3.8, 4) is 5.69 Å². The van der Waals surface area contributed by atoms with Crippen molar-refractivity contribution in [2.45, 2.75) is 6.92 Å². The van der Waals surface area contributed by atoms with Crippen molar-refractivity contribution in [1.29, 1.82) is 0 Å². The number of nitrogens with zero attached hydrogens (tertiary/aromatic N) is 4. The highest BCUT2D eigenvalue weighted by Gasteiger charge is 2.16. The fourth-order valence-corrected chi connectivity index (χ4v) is 2.95. The van der Waals surface area contributed by atoms with Gasteiger partial charge in [-0.3, -0.25) is 15.1 Å². The van der Waals surface area contributed by atoms with Crippen LogP contribution in [0, 0.1) is 17.0 Å². The van der Waals surface area contributed by atoms with Crippen LogP contribution in [0.15, 0.2) is 67.1 Å². The van der Waals surface area contributed by atoms with Gasteiger partial charge in [0.25, 0.3) is 5.69 Å². The molecule has 0 fully saturated rings. The number of hydrogen-bond donors (Lipinski definition) is 1. The lowest BCUT2D eigenvalue weighted by Crippen LogP contribution is -2.00. The van der Waals surface area contributed by atoms with Gasteiger partial charge in [-0.15, -0.1) is 0 Å². The minimum Gasteiger partial charge on any atom is -0.352 e. The van der Waals surface area contributed by atoms with Crippen molar-refractivity contribution in [3.05, 3.63) is 82.9 Å². The van der Waals surface area contributed by atoms with Gasteiger partial charge in [0.15, 0.2) is 0 Å². The Morgan fingerprint density at radius 3 is 2.58 bits per heavy atom. The first-order chi connectivity index (χ1) is 12.6. The van der Waals surface area contributed by atoms with Crippen molar-refractivity contribution >= 4 is 27.8 Å². The SMILES string of the molecule is Cc1c(Nc2ccc([N+](=O)[O-])c3cnccc23)cnn1-c1ccccc1. The fraction of sp³-hybridized carbons (Fsp3) is 0.0526. The summed E-state index contributed by atoms with van der Waals surface area (Å²) in [5.74, 6) is 0. The average Bonchev–Trinajstić information content (AvgIpc) is 3.03. The van der Waals surface area contributed by atoms with Crippen molar-refractivity contribution in [1.82, 2.24) is 14.8 Å². The summed E-state index contributed by atoms with van der Waals surface area (Å²) in [7, 11) is 0. The Labute approximate surface area is 149 Å². The molecule has 2 aromatic carbocycles. The van der Waals surface area contributed by atoms with Crippen LogP contribution in [0.4, 0.5) is 17.1 Å². The fourth-order valence-electron chi connectivity index (χ4n) is 2.95. The Kier molecular flexibility index (Phi) is 3.81. The smallest absolute Gasteiger partial charge is 0.278 e. The zero-order chi connectivity index (χ0) is 18.1. The van der Waals surface area contributed by atoms with Gasteiger partial charge in [-0.1, -0.05) is 18.2 Å². The van der Waals surface area contributed by atoms with E-state index in [9.17, 15) is 10.1 Å². The van der Waals surface area contributed by atoms with E-state index >= 15 is 0 Å². The number of nitro benzene ring substituents is 1. The standard InChI is InChI=1S/C19H15N5O2/c1-13-18(12-21-23(13)14-5-3-2-4-6-14)22-17-7-8-19(24(25)26)16-11-20-10-9-15(16)17/h2-12,22H,1H3. The maximum atomic E-state index is 11.2. The number of benzene rings is 2. The summed E-state index contributed by atoms with van der Waals surface area (Å²) in [4.78, 5) is 14.9. The molecule has 0 unspecified atom stereocenters. The van der Waals surface area contributed by atoms with Gasteiger partial charge < -0.3 is 5.32 Å². The van der Waals surface area contributed by atoms with Gasteiger partial charge in [0.2, 0.25) is 0 Å². The molecule has 0 saturated heterocycles. The Balaban J connectivity index is 1.76. The molecule has 7 heteroatoms. The van der Waals surface area contributed by atoms with Crippen LogP contribution in [-0.4, -0.2) is 19.7 Å². The predicted molar refractivity (Wildman–Crippen MR) is 100.0 cm³/mol. The molecule has 0 saturated carbocycles. The van der Waals surface area contributed by atoms with Crippen LogP contribution in [0.5, 0.6) is 0 Å². The molecule has 0 aliphatic carbocycles. The Bertz CT molecular complexity index is 1110. The van der Waals surface area contributed by atoms with E-state index in [1.54, 1.807) is 24.5 Å². The molecule has 128 valence electrons. The Morgan fingerprint density at radius 1 is 1.00 bits per heavy atom. The molecule has 2 heterocycles. The van der Waals surface area contributed by atoms with E-state index in [1.165, 1.54) is 12.3 Å². The third kappa shape index (κ3) is 2.65. The molecule has 2 aromatic heterocycles. The lowest BCUT2D eigenvalue weighted by molar-refractivity contribution is -0.383. The molecular formula is C19H15N5O2. The summed E-state index contributed by atoms with van der Waals surface area (Å²) in [5.41, 5.74) is 3.55. The van der Waals surface area contributed by atoms with Crippen LogP contribution >= 0.6 is 0 Å². The van der Waals surface area contributed by atoms with Gasteiger partial charge >= 0.3 is 0 Å². The molecule has 4 rings (SSSR count). The molecule has 0 aliphatic heterocycles. The summed E-state index contributed by atoms with van der Waals surface area (Å²) < 4.78 is 1.84. The molecule has 0 bridgehead atoms. The first-order valence-electron chi connectivity index (χ1n) is 8.03. The average molecular weight is 345 g/mol. The van der Waals surface area contributed by atoms with Gasteiger partial charge in [-0.2, -0.15) is 5.10 Å². The van der Waals surface area contributed by atoms with Crippen LogP contribution in [0.3, 0.4) is 0 Å². The molecular weight excluding hydrogens is 330 g/mol. The van der Waals surface area contributed by atoms with E-state index < -0.39 is 4.92 Å². The summed E-state index contributed by atoms with van der Waals surface area (Å²) in [6, 6.07) is 14.8. The second-order valence-electron chi connectivity index (χ2n) is 5.83. The third-order valence-electron chi connectivity index (χ3n) is 4.27. The summed E-state index contributed by atoms with van der Waals surface area (Å²) in [5, 5.41) is 20.3. The minimum absolute atomic E-state index is 0.0374. The molecule has 0 aliphatic rings. The van der Waals surface area contributed by atoms with Gasteiger partial charge in [-0.25, -0.2) is 4.68 Å². The normalized spacial score (nSPS) is 10.8. The van der Waals surface area contributed by atoms with Crippen LogP contribution in [0.2, 0.25) is 0 Å². The molecule has 0 atom stereocenters. The maximum Gasteiger partial charge on any atom is 0.278 e. The van der Waals surface area contributed by atoms with Crippen molar-refractivity contribution in [2.24, 2.45) is 0 Å². The van der Waals surface area contributed by atoms with Crippen LogP contribution < -0.4 is 5.32 Å². The second-order valence-corrected chi connectivity index (χ2v) is 5.83. The zero-order valence-electron chi connectivity index (χ0n) is 14.0. The van der Waals surface area contributed by atoms with E-state index in [0.29, 0.717) is 5.39 Å². The molecule has 1 N–H and O–H groups in total. The van der Waals surface area contributed by atoms with Gasteiger partial charge in [0, 0.05) is 29.5 Å². The lowest BCUT2D eigenvalue weighted by atomic mass is 10.1. The van der Waals surface area contributed by atoms with Gasteiger partial charge in [0.1, 0.15) is 0 Å². The van der Waals surface area contributed by atoms with Gasteiger partial charge in [-0.05, 0) is 31.2 Å². The Morgan fingerprint density at radius 2 is 1.81 bits per heavy atom. The van der Waals surface area contributed by atoms with E-state index in [-0.39, 0.29) is 5.69 Å². The maximum absolute atomic E-state index is 11.2. The summed E-state index contributed by atoms with van der Waals surface area (Å²) in [6.07, 6.45) is 4.88. The number of pyridine rings is 1. The first kappa shape index (κ1) is 15.8. The van der Waals surface area contributed by atoms with E-state index in [4.69, 9.17) is 0 Å². The van der Waals surface area contributed by atoms with Crippen LogP contribution in [0.25, 0.3) is 16.5 Å². The lowest BCUT2D eigenvalue weighted by Gasteiger charge is -2.10. The number of rotatable bonds is 4. The number of aromatic nitrogens is 3. The van der Waals surface area contributed by atoms with E-state index in [2.05, 4.69) is 15.4 Å². The number of fused-ring (bicyclic) bond motifs is 1. The number of non-ortho nitro benzene ring substituents is 1. The predicted octanol–water partition coefficient (Wildman–Crippen LogP) is 4.38. The monoisotopic (exact) mass is 345 g/mol. The van der Waals surface area contributed by atoms with Crippen molar-refractivity contribution < 1.29 is 4.92 Å². The van der Waals surface area contributed by atoms with E-state index in [0.717, 1.165) is 28.1 Å². The largest absolute Gasteiger partial charge is 0.352 e. The van der Waals surface area contributed by atoms with Gasteiger partial charge in [0.05, 0.1) is 33.6 Å².